The molecular weight excluding hydrogens is 448 g/mol. The Labute approximate surface area is 228 Å². The number of halogens is 1. The van der Waals surface area contributed by atoms with E-state index < -0.39 is 6.16 Å². The van der Waals surface area contributed by atoms with Crippen molar-refractivity contribution in [3.63, 3.8) is 0 Å². The van der Waals surface area contributed by atoms with Crippen molar-refractivity contribution in [3.05, 3.63) is 46.2 Å². The van der Waals surface area contributed by atoms with E-state index >= 15 is 0 Å². The number of carbonyl (C=O) groups excluding carboxylic acids is 3. The van der Waals surface area contributed by atoms with E-state index in [9.17, 15) is 14.9 Å². The van der Waals surface area contributed by atoms with Crippen LogP contribution in [-0.4, -0.2) is 48.9 Å². The summed E-state index contributed by atoms with van der Waals surface area (Å²) in [7, 11) is 4.67. The smallest absolute Gasteiger partial charge is 0.652 e. The van der Waals surface area contributed by atoms with Crippen molar-refractivity contribution in [1.29, 1.82) is 5.26 Å². The Hall–Kier alpha value is -1.64. The van der Waals surface area contributed by atoms with Crippen LogP contribution in [0.5, 0.6) is 5.75 Å². The molecule has 2 aromatic rings. The number of rotatable bonds is 4. The summed E-state index contributed by atoms with van der Waals surface area (Å²) in [6.45, 7) is 1.39. The molecule has 0 aliphatic carbocycles. The number of hydrogen-bond acceptors (Lipinski definition) is 8. The van der Waals surface area contributed by atoms with E-state index in [0.717, 1.165) is 0 Å². The standard InChI is InChI=1S/C18H16ClN3O3.CH2O3.2Na/c1-10(23)12-7-14(19)13(8-20)16(17(12)25-4)11-5-6-15(21-9-11)18(24)22(2)3;2-1(3)4;;/h5-7,9H,1-4H3;(H2,2,3,4);;/q;;2*+1/p-2. The number of nitrogens with zero attached hydrogens (tertiary/aromatic N) is 3. The van der Waals surface area contributed by atoms with Gasteiger partial charge < -0.3 is 24.6 Å². The first-order chi connectivity index (χ1) is 13.5. The Balaban J connectivity index is 0. The molecule has 0 fully saturated rings. The maximum absolute atomic E-state index is 12.0. The van der Waals surface area contributed by atoms with E-state index in [-0.39, 0.29) is 98.4 Å². The Morgan fingerprint density at radius 3 is 2.10 bits per heavy atom. The number of ether oxygens (including phenoxy) is 1. The van der Waals surface area contributed by atoms with Crippen LogP contribution >= 0.6 is 11.6 Å². The predicted octanol–water partition coefficient (Wildman–Crippen LogP) is -5.25. The number of benzene rings is 1. The van der Waals surface area contributed by atoms with E-state index in [1.165, 1.54) is 31.2 Å². The molecule has 1 aromatic carbocycles. The largest absolute Gasteiger partial charge is 1.00 e. The quantitative estimate of drug-likeness (QED) is 0.323. The molecule has 0 aliphatic heterocycles. The average Bonchev–Trinajstić information content (AvgIpc) is 2.66. The Kier molecular flexibility index (Phi) is 14.7. The second-order valence-electron chi connectivity index (χ2n) is 5.74. The second-order valence-corrected chi connectivity index (χ2v) is 6.15. The van der Waals surface area contributed by atoms with Crippen LogP contribution in [0.15, 0.2) is 24.4 Å². The first kappa shape index (κ1) is 31.5. The molecule has 31 heavy (non-hydrogen) atoms. The third kappa shape index (κ3) is 8.43. The zero-order chi connectivity index (χ0) is 22.3. The molecule has 0 saturated heterocycles. The molecule has 12 heteroatoms. The van der Waals surface area contributed by atoms with E-state index in [2.05, 4.69) is 4.98 Å². The first-order valence-corrected chi connectivity index (χ1v) is 8.30. The number of amides is 1. The number of hydrogen-bond donors (Lipinski definition) is 0. The van der Waals surface area contributed by atoms with Crippen molar-refractivity contribution in [3.8, 4) is 22.9 Å². The van der Waals surface area contributed by atoms with Crippen LogP contribution < -0.4 is 74.1 Å². The van der Waals surface area contributed by atoms with E-state index in [1.807, 2.05) is 6.07 Å². The normalized spacial score (nSPS) is 8.90. The summed E-state index contributed by atoms with van der Waals surface area (Å²) in [5.74, 6) is -0.228. The fraction of sp³-hybridized carbons (Fsp3) is 0.211. The van der Waals surface area contributed by atoms with Crippen LogP contribution in [0.4, 0.5) is 4.79 Å². The minimum Gasteiger partial charge on any atom is -0.652 e. The summed E-state index contributed by atoms with van der Waals surface area (Å²) in [5, 5.41) is 26.3. The molecular formula is C19H16ClN3Na2O6. The molecule has 9 nitrogen and oxygen atoms in total. The van der Waals surface area contributed by atoms with Gasteiger partial charge in [-0.25, -0.2) is 0 Å². The molecule has 152 valence electrons. The number of ketones is 1. The third-order valence-electron chi connectivity index (χ3n) is 3.60. The molecule has 1 amide bonds. The van der Waals surface area contributed by atoms with Crippen molar-refractivity contribution < 1.29 is 88.4 Å². The Bertz CT molecular complexity index is 988. The Morgan fingerprint density at radius 1 is 1.19 bits per heavy atom. The number of carboxylic acid groups (broad SMARTS) is 2. The van der Waals surface area contributed by atoms with Gasteiger partial charge in [0.1, 0.15) is 17.5 Å². The number of Topliss-reactive ketones (excluding diaryl/α,β-unsaturated/α-hetero) is 1. The third-order valence-corrected chi connectivity index (χ3v) is 3.90. The number of nitriles is 1. The van der Waals surface area contributed by atoms with Gasteiger partial charge >= 0.3 is 59.1 Å². The van der Waals surface area contributed by atoms with Crippen molar-refractivity contribution >= 4 is 29.4 Å². The maximum Gasteiger partial charge on any atom is 1.00 e. The average molecular weight is 464 g/mol. The second kappa shape index (κ2) is 14.4. The number of carbonyl (C=O) groups is 3. The van der Waals surface area contributed by atoms with Gasteiger partial charge in [0.2, 0.25) is 0 Å². The summed E-state index contributed by atoms with van der Waals surface area (Å²) in [5.41, 5.74) is 1.61. The summed E-state index contributed by atoms with van der Waals surface area (Å²) in [6, 6.07) is 6.64. The first-order valence-electron chi connectivity index (χ1n) is 7.92. The van der Waals surface area contributed by atoms with Crippen molar-refractivity contribution in [1.82, 2.24) is 9.88 Å². The topological polar surface area (TPSA) is 146 Å². The minimum atomic E-state index is -2.33. The van der Waals surface area contributed by atoms with Gasteiger partial charge in [0.25, 0.3) is 5.91 Å². The number of methoxy groups -OCH3 is 1. The van der Waals surface area contributed by atoms with Crippen LogP contribution in [0, 0.1) is 11.3 Å². The molecule has 0 N–H and O–H groups in total. The maximum atomic E-state index is 12.0. The fourth-order valence-corrected chi connectivity index (χ4v) is 2.63. The van der Waals surface area contributed by atoms with Crippen molar-refractivity contribution in [2.45, 2.75) is 6.92 Å². The van der Waals surface area contributed by atoms with Gasteiger partial charge in [-0.05, 0) is 25.2 Å². The zero-order valence-corrected chi connectivity index (χ0v) is 22.7. The molecule has 0 spiro atoms. The molecule has 1 heterocycles. The van der Waals surface area contributed by atoms with Gasteiger partial charge in [0, 0.05) is 31.4 Å². The fourth-order valence-electron chi connectivity index (χ4n) is 2.39. The van der Waals surface area contributed by atoms with Gasteiger partial charge in [-0.1, -0.05) is 17.7 Å². The summed E-state index contributed by atoms with van der Waals surface area (Å²) in [4.78, 5) is 37.7. The molecule has 0 saturated carbocycles. The zero-order valence-electron chi connectivity index (χ0n) is 18.0. The van der Waals surface area contributed by atoms with Crippen molar-refractivity contribution in [2.75, 3.05) is 21.2 Å². The van der Waals surface area contributed by atoms with E-state index in [4.69, 9.17) is 31.3 Å². The minimum absolute atomic E-state index is 0. The van der Waals surface area contributed by atoms with Crippen LogP contribution in [0.1, 0.15) is 33.3 Å². The van der Waals surface area contributed by atoms with Gasteiger partial charge in [0.05, 0.1) is 23.3 Å². The molecule has 1 aromatic heterocycles. The van der Waals surface area contributed by atoms with Gasteiger partial charge in [-0.2, -0.15) is 5.26 Å². The molecule has 2 rings (SSSR count). The van der Waals surface area contributed by atoms with E-state index in [1.54, 1.807) is 26.2 Å². The van der Waals surface area contributed by atoms with Gasteiger partial charge in [0.15, 0.2) is 5.78 Å². The summed E-state index contributed by atoms with van der Waals surface area (Å²) >= 11 is 6.17. The molecule has 0 bridgehead atoms. The molecule has 0 unspecified atom stereocenters. The summed E-state index contributed by atoms with van der Waals surface area (Å²) < 4.78 is 5.37. The molecule has 0 radical (unpaired) electrons. The summed E-state index contributed by atoms with van der Waals surface area (Å²) in [6.07, 6.45) is -0.879. The number of aromatic nitrogens is 1. The van der Waals surface area contributed by atoms with Crippen LogP contribution in [-0.2, 0) is 0 Å². The predicted molar refractivity (Wildman–Crippen MR) is 99.4 cm³/mol. The van der Waals surface area contributed by atoms with Crippen LogP contribution in [0.2, 0.25) is 5.02 Å². The monoisotopic (exact) mass is 463 g/mol. The van der Waals surface area contributed by atoms with Gasteiger partial charge in [-0.15, -0.1) is 0 Å². The SMILES string of the molecule is COc1c(C(C)=O)cc(Cl)c(C#N)c1-c1ccc(C(=O)N(C)C)nc1.O=C([O-])[O-].[Na+].[Na+]. The Morgan fingerprint density at radius 2 is 1.74 bits per heavy atom. The van der Waals surface area contributed by atoms with Gasteiger partial charge in [-0.3, -0.25) is 14.6 Å². The molecule has 0 atom stereocenters. The number of pyridine rings is 1. The molecule has 0 aliphatic rings. The van der Waals surface area contributed by atoms with Crippen LogP contribution in [0.25, 0.3) is 11.1 Å². The van der Waals surface area contributed by atoms with Crippen molar-refractivity contribution in [2.24, 2.45) is 0 Å². The van der Waals surface area contributed by atoms with E-state index in [0.29, 0.717) is 11.1 Å². The van der Waals surface area contributed by atoms with Crippen LogP contribution in [0.3, 0.4) is 0 Å².